The van der Waals surface area contributed by atoms with Crippen molar-refractivity contribution in [1.82, 2.24) is 0 Å². The molecular weight excluding hydrogens is 193 g/mol. The molecule has 0 saturated carbocycles. The van der Waals surface area contributed by atoms with Gasteiger partial charge in [-0.15, -0.1) is 0 Å². The predicted molar refractivity (Wildman–Crippen MR) is 58.6 cm³/mol. The van der Waals surface area contributed by atoms with Crippen LogP contribution in [0, 0.1) is 18.2 Å². The first kappa shape index (κ1) is 10.4. The van der Waals surface area contributed by atoms with Crippen molar-refractivity contribution in [1.29, 1.82) is 0 Å². The van der Waals surface area contributed by atoms with E-state index in [0.29, 0.717) is 0 Å². The second-order valence-electron chi connectivity index (χ2n) is 4.62. The maximum Gasteiger partial charge on any atom is 0.125 e. The van der Waals surface area contributed by atoms with Gasteiger partial charge < -0.3 is 10.1 Å². The first-order valence-electron chi connectivity index (χ1n) is 5.17. The molecule has 82 valence electrons. The molecule has 1 N–H and O–H groups in total. The van der Waals surface area contributed by atoms with Gasteiger partial charge in [-0.05, 0) is 24.6 Å². The van der Waals surface area contributed by atoms with E-state index in [1.807, 2.05) is 6.92 Å². The van der Waals surface area contributed by atoms with Gasteiger partial charge in [-0.1, -0.05) is 13.0 Å². The fraction of sp³-hybridized carbons (Fsp3) is 0.500. The molecule has 0 bridgehead atoms. The van der Waals surface area contributed by atoms with E-state index in [0.717, 1.165) is 31.0 Å². The molecule has 0 radical (unpaired) electrons. The summed E-state index contributed by atoms with van der Waals surface area (Å²) < 4.78 is 18.2. The zero-order valence-electron chi connectivity index (χ0n) is 9.14. The van der Waals surface area contributed by atoms with E-state index in [9.17, 15) is 4.39 Å². The topological polar surface area (TPSA) is 21.3 Å². The molecule has 2 nitrogen and oxygen atoms in total. The SMILES string of the molecule is Cc1ccc(F)cc1NCC1(C)COC1. The molecule has 1 aliphatic heterocycles. The van der Waals surface area contributed by atoms with Crippen LogP contribution < -0.4 is 5.32 Å². The lowest BCUT2D eigenvalue weighted by Crippen LogP contribution is -2.45. The van der Waals surface area contributed by atoms with Gasteiger partial charge in [-0.25, -0.2) is 4.39 Å². The number of nitrogens with one attached hydrogen (secondary N) is 1. The quantitative estimate of drug-likeness (QED) is 0.826. The summed E-state index contributed by atoms with van der Waals surface area (Å²) in [6, 6.07) is 4.81. The van der Waals surface area contributed by atoms with Crippen molar-refractivity contribution >= 4 is 5.69 Å². The normalized spacial score (nSPS) is 18.3. The molecule has 0 amide bonds. The Bertz CT molecular complexity index is 361. The Morgan fingerprint density at radius 1 is 1.47 bits per heavy atom. The second kappa shape index (κ2) is 3.81. The van der Waals surface area contributed by atoms with Crippen molar-refractivity contribution in [2.75, 3.05) is 25.1 Å². The van der Waals surface area contributed by atoms with Gasteiger partial charge in [0.2, 0.25) is 0 Å². The third-order valence-corrected chi connectivity index (χ3v) is 2.81. The Hall–Kier alpha value is -1.09. The fourth-order valence-electron chi connectivity index (χ4n) is 1.65. The first-order chi connectivity index (χ1) is 7.09. The molecule has 2 rings (SSSR count). The Balaban J connectivity index is 2.01. The monoisotopic (exact) mass is 209 g/mol. The van der Waals surface area contributed by atoms with E-state index >= 15 is 0 Å². The molecular formula is C12H16FNO. The average Bonchev–Trinajstić information content (AvgIpc) is 2.17. The van der Waals surface area contributed by atoms with Gasteiger partial charge in [-0.2, -0.15) is 0 Å². The minimum Gasteiger partial charge on any atom is -0.384 e. The van der Waals surface area contributed by atoms with Crippen molar-refractivity contribution in [2.45, 2.75) is 13.8 Å². The molecule has 1 aliphatic rings. The Kier molecular flexibility index (Phi) is 2.65. The molecule has 1 fully saturated rings. The van der Waals surface area contributed by atoms with Crippen LogP contribution in [0.15, 0.2) is 18.2 Å². The Morgan fingerprint density at radius 2 is 2.20 bits per heavy atom. The highest BCUT2D eigenvalue weighted by molar-refractivity contribution is 5.50. The van der Waals surface area contributed by atoms with Crippen LogP contribution in [0.4, 0.5) is 10.1 Å². The highest BCUT2D eigenvalue weighted by Crippen LogP contribution is 2.27. The molecule has 0 aromatic heterocycles. The van der Waals surface area contributed by atoms with Crippen LogP contribution in [0.5, 0.6) is 0 Å². The highest BCUT2D eigenvalue weighted by atomic mass is 19.1. The lowest BCUT2D eigenvalue weighted by atomic mass is 9.88. The number of rotatable bonds is 3. The van der Waals surface area contributed by atoms with E-state index in [2.05, 4.69) is 12.2 Å². The summed E-state index contributed by atoms with van der Waals surface area (Å²) in [6.45, 7) is 6.54. The van der Waals surface area contributed by atoms with Gasteiger partial charge in [0.05, 0.1) is 13.2 Å². The summed E-state index contributed by atoms with van der Waals surface area (Å²) >= 11 is 0. The molecule has 1 heterocycles. The van der Waals surface area contributed by atoms with E-state index in [4.69, 9.17) is 4.74 Å². The van der Waals surface area contributed by atoms with Crippen LogP contribution in [0.1, 0.15) is 12.5 Å². The maximum absolute atomic E-state index is 13.0. The third-order valence-electron chi connectivity index (χ3n) is 2.81. The zero-order chi connectivity index (χ0) is 10.9. The standard InChI is InChI=1S/C12H16FNO/c1-9-3-4-10(13)5-11(9)14-6-12(2)7-15-8-12/h3-5,14H,6-8H2,1-2H3. The van der Waals surface area contributed by atoms with E-state index in [1.54, 1.807) is 6.07 Å². The summed E-state index contributed by atoms with van der Waals surface area (Å²) in [6.07, 6.45) is 0. The minimum atomic E-state index is -0.196. The van der Waals surface area contributed by atoms with Crippen molar-refractivity contribution in [3.63, 3.8) is 0 Å². The van der Waals surface area contributed by atoms with Gasteiger partial charge in [-0.3, -0.25) is 0 Å². The molecule has 3 heteroatoms. The largest absolute Gasteiger partial charge is 0.384 e. The molecule has 0 aliphatic carbocycles. The minimum absolute atomic E-state index is 0.196. The van der Waals surface area contributed by atoms with Crippen molar-refractivity contribution < 1.29 is 9.13 Å². The molecule has 1 aromatic rings. The van der Waals surface area contributed by atoms with Crippen molar-refractivity contribution in [3.8, 4) is 0 Å². The van der Waals surface area contributed by atoms with Crippen LogP contribution in [0.25, 0.3) is 0 Å². The number of hydrogen-bond acceptors (Lipinski definition) is 2. The van der Waals surface area contributed by atoms with Gasteiger partial charge in [0, 0.05) is 17.6 Å². The van der Waals surface area contributed by atoms with Gasteiger partial charge in [0.1, 0.15) is 5.82 Å². The zero-order valence-corrected chi connectivity index (χ0v) is 9.14. The maximum atomic E-state index is 13.0. The number of aryl methyl sites for hydroxylation is 1. The number of benzene rings is 1. The van der Waals surface area contributed by atoms with Gasteiger partial charge in [0.25, 0.3) is 0 Å². The summed E-state index contributed by atoms with van der Waals surface area (Å²) in [4.78, 5) is 0. The Labute approximate surface area is 89.4 Å². The second-order valence-corrected chi connectivity index (χ2v) is 4.62. The lowest BCUT2D eigenvalue weighted by molar-refractivity contribution is -0.0924. The predicted octanol–water partition coefficient (Wildman–Crippen LogP) is 2.58. The molecule has 0 unspecified atom stereocenters. The van der Waals surface area contributed by atoms with E-state index in [1.165, 1.54) is 12.1 Å². The van der Waals surface area contributed by atoms with Gasteiger partial charge in [0.15, 0.2) is 0 Å². The van der Waals surface area contributed by atoms with E-state index in [-0.39, 0.29) is 11.2 Å². The van der Waals surface area contributed by atoms with E-state index < -0.39 is 0 Å². The number of anilines is 1. The van der Waals surface area contributed by atoms with Crippen molar-refractivity contribution in [3.05, 3.63) is 29.6 Å². The summed E-state index contributed by atoms with van der Waals surface area (Å²) in [5, 5.41) is 3.28. The number of ether oxygens (including phenoxy) is 1. The third kappa shape index (κ3) is 2.29. The summed E-state index contributed by atoms with van der Waals surface area (Å²) in [5.41, 5.74) is 2.15. The smallest absolute Gasteiger partial charge is 0.125 e. The molecule has 0 spiro atoms. The Morgan fingerprint density at radius 3 is 2.80 bits per heavy atom. The molecule has 0 atom stereocenters. The summed E-state index contributed by atoms with van der Waals surface area (Å²) in [7, 11) is 0. The molecule has 1 aromatic carbocycles. The van der Waals surface area contributed by atoms with Crippen LogP contribution in [-0.2, 0) is 4.74 Å². The van der Waals surface area contributed by atoms with Crippen LogP contribution >= 0.6 is 0 Å². The number of halogens is 1. The van der Waals surface area contributed by atoms with Crippen LogP contribution in [0.2, 0.25) is 0 Å². The van der Waals surface area contributed by atoms with Crippen LogP contribution in [-0.4, -0.2) is 19.8 Å². The molecule has 1 saturated heterocycles. The first-order valence-corrected chi connectivity index (χ1v) is 5.17. The van der Waals surface area contributed by atoms with Crippen LogP contribution in [0.3, 0.4) is 0 Å². The highest BCUT2D eigenvalue weighted by Gasteiger charge is 2.32. The molecule has 15 heavy (non-hydrogen) atoms. The summed E-state index contributed by atoms with van der Waals surface area (Å²) in [5.74, 6) is -0.196. The lowest BCUT2D eigenvalue weighted by Gasteiger charge is -2.38. The fourth-order valence-corrected chi connectivity index (χ4v) is 1.65. The van der Waals surface area contributed by atoms with Crippen molar-refractivity contribution in [2.24, 2.45) is 5.41 Å². The average molecular weight is 209 g/mol. The number of hydrogen-bond donors (Lipinski definition) is 1. The van der Waals surface area contributed by atoms with Gasteiger partial charge >= 0.3 is 0 Å².